The van der Waals surface area contributed by atoms with Gasteiger partial charge in [0.25, 0.3) is 0 Å². The average Bonchev–Trinajstić information content (AvgIpc) is 2.41. The molecule has 2 aromatic carbocycles. The molecule has 0 amide bonds. The van der Waals surface area contributed by atoms with Gasteiger partial charge in [0.15, 0.2) is 5.78 Å². The third-order valence-electron chi connectivity index (χ3n) is 2.70. The number of hydrogen-bond acceptors (Lipinski definition) is 2. The first-order chi connectivity index (χ1) is 9.47. The van der Waals surface area contributed by atoms with Gasteiger partial charge >= 0.3 is 0 Å². The molecule has 0 saturated heterocycles. The van der Waals surface area contributed by atoms with Crippen LogP contribution in [0.3, 0.4) is 0 Å². The van der Waals surface area contributed by atoms with Crippen LogP contribution in [0.1, 0.15) is 22.8 Å². The fourth-order valence-electron chi connectivity index (χ4n) is 1.69. The molecule has 0 aliphatic rings. The maximum Gasteiger partial charge on any atom is 0.163 e. The molecule has 0 aliphatic carbocycles. The van der Waals surface area contributed by atoms with Crippen LogP contribution in [0.2, 0.25) is 5.02 Å². The van der Waals surface area contributed by atoms with Gasteiger partial charge in [0.1, 0.15) is 24.0 Å². The maximum atomic E-state index is 13.1. The smallest absolute Gasteiger partial charge is 0.163 e. The topological polar surface area (TPSA) is 26.3 Å². The number of halogens is 3. The summed E-state index contributed by atoms with van der Waals surface area (Å²) in [5, 5.41) is -0.00278. The highest BCUT2D eigenvalue weighted by Crippen LogP contribution is 2.22. The molecule has 0 saturated carbocycles. The monoisotopic (exact) mass is 296 g/mol. The van der Waals surface area contributed by atoms with Crippen molar-refractivity contribution in [1.82, 2.24) is 0 Å². The van der Waals surface area contributed by atoms with E-state index in [1.165, 1.54) is 37.3 Å². The molecule has 0 bridgehead atoms. The lowest BCUT2D eigenvalue weighted by atomic mass is 10.1. The SMILES string of the molecule is CC(=O)c1cc(F)ccc1OCc1ccc(F)c(Cl)c1. The number of carbonyl (C=O) groups is 1. The second-order valence-electron chi connectivity index (χ2n) is 4.23. The Morgan fingerprint density at radius 2 is 1.95 bits per heavy atom. The summed E-state index contributed by atoms with van der Waals surface area (Å²) in [4.78, 5) is 11.4. The van der Waals surface area contributed by atoms with E-state index in [0.29, 0.717) is 5.56 Å². The van der Waals surface area contributed by atoms with Crippen LogP contribution < -0.4 is 4.74 Å². The van der Waals surface area contributed by atoms with Gasteiger partial charge in [-0.15, -0.1) is 0 Å². The number of Topliss-reactive ketones (excluding diaryl/α,β-unsaturated/α-hetero) is 1. The number of benzene rings is 2. The number of hydrogen-bond donors (Lipinski definition) is 0. The zero-order valence-corrected chi connectivity index (χ0v) is 11.4. The molecule has 0 fully saturated rings. The highest BCUT2D eigenvalue weighted by atomic mass is 35.5. The van der Waals surface area contributed by atoms with Crippen LogP contribution in [0.5, 0.6) is 5.75 Å². The predicted molar refractivity (Wildman–Crippen MR) is 72.1 cm³/mol. The zero-order valence-electron chi connectivity index (χ0n) is 10.6. The summed E-state index contributed by atoms with van der Waals surface area (Å²) in [6.45, 7) is 1.43. The molecule has 0 aliphatic heterocycles. The minimum absolute atomic E-state index is 0.00278. The normalized spacial score (nSPS) is 10.4. The van der Waals surface area contributed by atoms with Crippen LogP contribution in [0.4, 0.5) is 8.78 Å². The van der Waals surface area contributed by atoms with Gasteiger partial charge in [-0.25, -0.2) is 8.78 Å². The van der Waals surface area contributed by atoms with Crippen LogP contribution in [0.15, 0.2) is 36.4 Å². The molecule has 0 N–H and O–H groups in total. The second kappa shape index (κ2) is 6.01. The van der Waals surface area contributed by atoms with Crippen LogP contribution in [0.25, 0.3) is 0 Å². The predicted octanol–water partition coefficient (Wildman–Crippen LogP) is 4.40. The molecule has 20 heavy (non-hydrogen) atoms. The lowest BCUT2D eigenvalue weighted by molar-refractivity contribution is 0.101. The average molecular weight is 297 g/mol. The minimum Gasteiger partial charge on any atom is -0.488 e. The summed E-state index contributed by atoms with van der Waals surface area (Å²) in [6, 6.07) is 7.91. The van der Waals surface area contributed by atoms with Gasteiger partial charge in [0.2, 0.25) is 0 Å². The quantitative estimate of drug-likeness (QED) is 0.782. The van der Waals surface area contributed by atoms with Crippen molar-refractivity contribution in [1.29, 1.82) is 0 Å². The summed E-state index contributed by atoms with van der Waals surface area (Å²) in [5.74, 6) is -1.04. The van der Waals surface area contributed by atoms with Gasteiger partial charge in [-0.3, -0.25) is 4.79 Å². The number of carbonyl (C=O) groups excluding carboxylic acids is 1. The Morgan fingerprint density at radius 3 is 2.60 bits per heavy atom. The molecule has 104 valence electrons. The Hall–Kier alpha value is -1.94. The van der Waals surface area contributed by atoms with Crippen molar-refractivity contribution in [3.8, 4) is 5.75 Å². The van der Waals surface area contributed by atoms with E-state index < -0.39 is 11.6 Å². The lowest BCUT2D eigenvalue weighted by Gasteiger charge is -2.10. The Balaban J connectivity index is 2.18. The van der Waals surface area contributed by atoms with E-state index >= 15 is 0 Å². The molecule has 2 aromatic rings. The third kappa shape index (κ3) is 3.33. The van der Waals surface area contributed by atoms with E-state index in [9.17, 15) is 13.6 Å². The molecular weight excluding hydrogens is 286 g/mol. The zero-order chi connectivity index (χ0) is 14.7. The largest absolute Gasteiger partial charge is 0.488 e. The van der Waals surface area contributed by atoms with Gasteiger partial charge in [-0.05, 0) is 42.8 Å². The molecule has 0 unspecified atom stereocenters. The van der Waals surface area contributed by atoms with Crippen molar-refractivity contribution in [2.75, 3.05) is 0 Å². The molecule has 0 heterocycles. The van der Waals surface area contributed by atoms with Gasteiger partial charge < -0.3 is 4.74 Å². The first kappa shape index (κ1) is 14.5. The van der Waals surface area contributed by atoms with Crippen molar-refractivity contribution in [3.05, 3.63) is 64.2 Å². The third-order valence-corrected chi connectivity index (χ3v) is 2.99. The summed E-state index contributed by atoms with van der Waals surface area (Å²) < 4.78 is 31.6. The van der Waals surface area contributed by atoms with Gasteiger partial charge in [-0.1, -0.05) is 17.7 Å². The Bertz CT molecular complexity index is 656. The summed E-state index contributed by atoms with van der Waals surface area (Å²) >= 11 is 5.66. The summed E-state index contributed by atoms with van der Waals surface area (Å²) in [5.41, 5.74) is 0.813. The van der Waals surface area contributed by atoms with Gasteiger partial charge in [-0.2, -0.15) is 0 Å². The number of ether oxygens (including phenoxy) is 1. The Morgan fingerprint density at radius 1 is 1.20 bits per heavy atom. The van der Waals surface area contributed by atoms with E-state index in [1.54, 1.807) is 0 Å². The van der Waals surface area contributed by atoms with Crippen LogP contribution >= 0.6 is 11.6 Å². The molecule has 0 atom stereocenters. The van der Waals surface area contributed by atoms with Crippen LogP contribution in [-0.4, -0.2) is 5.78 Å². The highest BCUT2D eigenvalue weighted by molar-refractivity contribution is 6.30. The second-order valence-corrected chi connectivity index (χ2v) is 4.64. The van der Waals surface area contributed by atoms with E-state index in [0.717, 1.165) is 6.07 Å². The molecule has 0 radical (unpaired) electrons. The summed E-state index contributed by atoms with van der Waals surface area (Å²) in [6.07, 6.45) is 0. The van der Waals surface area contributed by atoms with Gasteiger partial charge in [0.05, 0.1) is 10.6 Å². The van der Waals surface area contributed by atoms with Crippen molar-refractivity contribution < 1.29 is 18.3 Å². The molecule has 5 heteroatoms. The molecular formula is C15H11ClF2O2. The molecule has 0 spiro atoms. The fourth-order valence-corrected chi connectivity index (χ4v) is 1.90. The number of ketones is 1. The highest BCUT2D eigenvalue weighted by Gasteiger charge is 2.10. The summed E-state index contributed by atoms with van der Waals surface area (Å²) in [7, 11) is 0. The molecule has 0 aromatic heterocycles. The van der Waals surface area contributed by atoms with Crippen molar-refractivity contribution in [3.63, 3.8) is 0 Å². The lowest BCUT2D eigenvalue weighted by Crippen LogP contribution is -2.02. The first-order valence-electron chi connectivity index (χ1n) is 5.84. The molecule has 2 rings (SSSR count). The van der Waals surface area contributed by atoms with Gasteiger partial charge in [0, 0.05) is 0 Å². The number of rotatable bonds is 4. The van der Waals surface area contributed by atoms with Crippen LogP contribution in [-0.2, 0) is 6.61 Å². The Labute approximate surface area is 119 Å². The first-order valence-corrected chi connectivity index (χ1v) is 6.22. The van der Waals surface area contributed by atoms with Crippen LogP contribution in [0, 0.1) is 11.6 Å². The standard InChI is InChI=1S/C15H11ClF2O2/c1-9(19)12-7-11(17)3-5-15(12)20-8-10-2-4-14(18)13(16)6-10/h2-7H,8H2,1H3. The Kier molecular flexibility index (Phi) is 4.35. The minimum atomic E-state index is -0.512. The van der Waals surface area contributed by atoms with Crippen molar-refractivity contribution >= 4 is 17.4 Å². The van der Waals surface area contributed by atoms with Crippen molar-refractivity contribution in [2.24, 2.45) is 0 Å². The van der Waals surface area contributed by atoms with E-state index in [1.807, 2.05) is 0 Å². The maximum absolute atomic E-state index is 13.1. The van der Waals surface area contributed by atoms with E-state index in [-0.39, 0.29) is 28.7 Å². The fraction of sp³-hybridized carbons (Fsp3) is 0.133. The molecule has 2 nitrogen and oxygen atoms in total. The van der Waals surface area contributed by atoms with E-state index in [4.69, 9.17) is 16.3 Å². The van der Waals surface area contributed by atoms with E-state index in [2.05, 4.69) is 0 Å². The van der Waals surface area contributed by atoms with Crippen molar-refractivity contribution in [2.45, 2.75) is 13.5 Å².